The van der Waals surface area contributed by atoms with E-state index in [1.54, 1.807) is 0 Å². The molecule has 0 N–H and O–H groups in total. The van der Waals surface area contributed by atoms with Crippen molar-refractivity contribution in [3.05, 3.63) is 23.8 Å². The molecular formula is C15H22BrCl. The normalized spacial score (nSPS) is 47.1. The topological polar surface area (TPSA) is 0 Å². The standard InChI is InChI=1S/C15H22BrCl/c1-10-5-6-11(2)15(12(10)3)8-7-14(4,17)13(16)9-15/h6,10,13H,3,5,7-9H2,1-2,4H3. The highest BCUT2D eigenvalue weighted by molar-refractivity contribution is 9.09. The van der Waals surface area contributed by atoms with Crippen molar-refractivity contribution in [1.29, 1.82) is 0 Å². The maximum atomic E-state index is 6.56. The Morgan fingerprint density at radius 2 is 2.12 bits per heavy atom. The Labute approximate surface area is 119 Å². The van der Waals surface area contributed by atoms with Crippen LogP contribution < -0.4 is 0 Å². The molecule has 0 heterocycles. The minimum atomic E-state index is -0.105. The number of alkyl halides is 2. The second kappa shape index (κ2) is 4.42. The fourth-order valence-corrected chi connectivity index (χ4v) is 4.25. The Balaban J connectivity index is 2.34. The zero-order chi connectivity index (χ0) is 12.8. The first kappa shape index (κ1) is 13.7. The Bertz CT molecular complexity index is 369. The Morgan fingerprint density at radius 3 is 2.71 bits per heavy atom. The van der Waals surface area contributed by atoms with Crippen molar-refractivity contribution in [2.75, 3.05) is 0 Å². The SMILES string of the molecule is C=C1C(C)CC=C(C)C12CCC(C)(Cl)C(Br)C2. The van der Waals surface area contributed by atoms with Crippen molar-refractivity contribution in [3.63, 3.8) is 0 Å². The number of hydrogen-bond donors (Lipinski definition) is 0. The van der Waals surface area contributed by atoms with Crippen LogP contribution in [0.1, 0.15) is 46.5 Å². The van der Waals surface area contributed by atoms with Gasteiger partial charge in [-0.1, -0.05) is 46.7 Å². The quantitative estimate of drug-likeness (QED) is 0.411. The summed E-state index contributed by atoms with van der Waals surface area (Å²) in [5, 5.41) is 0. The van der Waals surface area contributed by atoms with Crippen LogP contribution in [0.4, 0.5) is 0 Å². The third kappa shape index (κ3) is 2.14. The van der Waals surface area contributed by atoms with Crippen LogP contribution in [0.2, 0.25) is 0 Å². The average Bonchev–Trinajstić information content (AvgIpc) is 2.26. The molecule has 0 aromatic rings. The molecule has 2 aliphatic carbocycles. The second-order valence-electron chi connectivity index (χ2n) is 6.08. The van der Waals surface area contributed by atoms with E-state index in [0.717, 1.165) is 25.7 Å². The monoisotopic (exact) mass is 316 g/mol. The van der Waals surface area contributed by atoms with Crippen molar-refractivity contribution in [2.24, 2.45) is 11.3 Å². The van der Waals surface area contributed by atoms with E-state index in [1.807, 2.05) is 0 Å². The maximum absolute atomic E-state index is 6.56. The highest BCUT2D eigenvalue weighted by Crippen LogP contribution is 2.57. The molecule has 1 fully saturated rings. The van der Waals surface area contributed by atoms with Gasteiger partial charge in [0.15, 0.2) is 0 Å². The van der Waals surface area contributed by atoms with E-state index in [2.05, 4.69) is 49.4 Å². The van der Waals surface area contributed by atoms with Crippen LogP contribution in [-0.2, 0) is 0 Å². The van der Waals surface area contributed by atoms with Gasteiger partial charge in [-0.15, -0.1) is 11.6 Å². The lowest BCUT2D eigenvalue weighted by atomic mass is 9.58. The van der Waals surface area contributed by atoms with Crippen molar-refractivity contribution < 1.29 is 0 Å². The predicted octanol–water partition coefficient (Wildman–Crippen LogP) is 5.46. The van der Waals surface area contributed by atoms with Crippen LogP contribution in [-0.4, -0.2) is 9.70 Å². The van der Waals surface area contributed by atoms with Gasteiger partial charge in [0.05, 0.1) is 4.87 Å². The van der Waals surface area contributed by atoms with Gasteiger partial charge in [0.25, 0.3) is 0 Å². The van der Waals surface area contributed by atoms with Crippen LogP contribution >= 0.6 is 27.5 Å². The Morgan fingerprint density at radius 1 is 1.47 bits per heavy atom. The molecule has 1 spiro atoms. The zero-order valence-electron chi connectivity index (χ0n) is 11.0. The molecule has 2 aliphatic rings. The largest absolute Gasteiger partial charge is 0.118 e. The number of allylic oxidation sites excluding steroid dienone is 3. The fourth-order valence-electron chi connectivity index (χ4n) is 3.30. The molecule has 0 bridgehead atoms. The lowest BCUT2D eigenvalue weighted by Crippen LogP contribution is -2.45. The van der Waals surface area contributed by atoms with Crippen LogP contribution in [0.25, 0.3) is 0 Å². The van der Waals surface area contributed by atoms with Gasteiger partial charge in [0, 0.05) is 10.2 Å². The van der Waals surface area contributed by atoms with Gasteiger partial charge in [-0.25, -0.2) is 0 Å². The summed E-state index contributed by atoms with van der Waals surface area (Å²) >= 11 is 10.4. The lowest BCUT2D eigenvalue weighted by Gasteiger charge is -2.50. The fraction of sp³-hybridized carbons (Fsp3) is 0.733. The van der Waals surface area contributed by atoms with E-state index in [-0.39, 0.29) is 10.3 Å². The summed E-state index contributed by atoms with van der Waals surface area (Å²) < 4.78 is 0. The first-order valence-electron chi connectivity index (χ1n) is 6.49. The van der Waals surface area contributed by atoms with E-state index in [1.165, 1.54) is 11.1 Å². The van der Waals surface area contributed by atoms with Gasteiger partial charge in [-0.3, -0.25) is 0 Å². The summed E-state index contributed by atoms with van der Waals surface area (Å²) in [7, 11) is 0. The minimum Gasteiger partial charge on any atom is -0.118 e. The van der Waals surface area contributed by atoms with Crippen molar-refractivity contribution >= 4 is 27.5 Å². The molecule has 0 aromatic heterocycles. The average molecular weight is 318 g/mol. The molecule has 4 atom stereocenters. The molecule has 0 aliphatic heterocycles. The van der Waals surface area contributed by atoms with Crippen molar-refractivity contribution in [3.8, 4) is 0 Å². The van der Waals surface area contributed by atoms with Crippen LogP contribution in [0.3, 0.4) is 0 Å². The molecule has 4 unspecified atom stereocenters. The molecule has 0 radical (unpaired) electrons. The number of hydrogen-bond acceptors (Lipinski definition) is 0. The molecule has 2 rings (SSSR count). The smallest absolute Gasteiger partial charge is 0.0544 e. The van der Waals surface area contributed by atoms with Crippen LogP contribution in [0.15, 0.2) is 23.8 Å². The minimum absolute atomic E-state index is 0.105. The molecule has 0 saturated heterocycles. The molecule has 0 amide bonds. The molecule has 1 saturated carbocycles. The summed E-state index contributed by atoms with van der Waals surface area (Å²) in [6.07, 6.45) is 6.87. The van der Waals surface area contributed by atoms with Gasteiger partial charge in [-0.05, 0) is 45.4 Å². The predicted molar refractivity (Wildman–Crippen MR) is 79.9 cm³/mol. The Kier molecular flexibility index (Phi) is 3.55. The first-order valence-corrected chi connectivity index (χ1v) is 7.78. The highest BCUT2D eigenvalue weighted by atomic mass is 79.9. The maximum Gasteiger partial charge on any atom is 0.0544 e. The van der Waals surface area contributed by atoms with Gasteiger partial charge < -0.3 is 0 Å². The van der Waals surface area contributed by atoms with Gasteiger partial charge in [-0.2, -0.15) is 0 Å². The van der Waals surface area contributed by atoms with Gasteiger partial charge in [0.2, 0.25) is 0 Å². The second-order valence-corrected chi connectivity index (χ2v) is 8.05. The molecular weight excluding hydrogens is 296 g/mol. The molecule has 0 aromatic carbocycles. The zero-order valence-corrected chi connectivity index (χ0v) is 13.4. The van der Waals surface area contributed by atoms with E-state index < -0.39 is 0 Å². The summed E-state index contributed by atoms with van der Waals surface area (Å²) in [6.45, 7) is 11.1. The van der Waals surface area contributed by atoms with E-state index >= 15 is 0 Å². The van der Waals surface area contributed by atoms with Gasteiger partial charge >= 0.3 is 0 Å². The van der Waals surface area contributed by atoms with E-state index in [0.29, 0.717) is 10.7 Å². The third-order valence-corrected chi connectivity index (χ3v) is 7.01. The Hall–Kier alpha value is 0.250. The first-order chi connectivity index (χ1) is 7.79. The molecule has 2 heteroatoms. The van der Waals surface area contributed by atoms with Crippen molar-refractivity contribution in [1.82, 2.24) is 0 Å². The molecule has 96 valence electrons. The van der Waals surface area contributed by atoms with Crippen LogP contribution in [0.5, 0.6) is 0 Å². The highest BCUT2D eigenvalue weighted by Gasteiger charge is 2.48. The third-order valence-electron chi connectivity index (χ3n) is 4.96. The lowest BCUT2D eigenvalue weighted by molar-refractivity contribution is 0.237. The van der Waals surface area contributed by atoms with Gasteiger partial charge in [0.1, 0.15) is 0 Å². The summed E-state index contributed by atoms with van der Waals surface area (Å²) in [5.74, 6) is 0.609. The van der Waals surface area contributed by atoms with E-state index in [4.69, 9.17) is 11.6 Å². The molecule has 0 nitrogen and oxygen atoms in total. The molecule has 17 heavy (non-hydrogen) atoms. The summed E-state index contributed by atoms with van der Waals surface area (Å²) in [6, 6.07) is 0. The van der Waals surface area contributed by atoms with E-state index in [9.17, 15) is 0 Å². The van der Waals surface area contributed by atoms with Crippen LogP contribution in [0, 0.1) is 11.3 Å². The summed E-state index contributed by atoms with van der Waals surface area (Å²) in [4.78, 5) is 0.266. The van der Waals surface area contributed by atoms with Crippen molar-refractivity contribution in [2.45, 2.75) is 56.2 Å². The number of rotatable bonds is 0. The number of halogens is 2. The summed E-state index contributed by atoms with van der Waals surface area (Å²) in [5.41, 5.74) is 3.14.